The first-order valence-corrected chi connectivity index (χ1v) is 5.98. The van der Waals surface area contributed by atoms with Crippen LogP contribution in [-0.2, 0) is 19.4 Å². The second-order valence-corrected chi connectivity index (χ2v) is 4.08. The molecule has 0 aliphatic carbocycles. The number of aromatic amines is 1. The highest BCUT2D eigenvalue weighted by atomic mass is 15.0. The van der Waals surface area contributed by atoms with Gasteiger partial charge in [-0.25, -0.2) is 4.57 Å². The monoisotopic (exact) mass is 215 g/mol. The first-order chi connectivity index (χ1) is 7.90. The summed E-state index contributed by atoms with van der Waals surface area (Å²) in [6.45, 7) is 3.31. The molecular formula is C14H19N2+. The molecule has 0 fully saturated rings. The predicted molar refractivity (Wildman–Crippen MR) is 65.1 cm³/mol. The van der Waals surface area contributed by atoms with Gasteiger partial charge in [0, 0.05) is 0 Å². The SMILES string of the molecule is CCc1ccccc1CCC[n+]1cc[nH]c1. The Kier molecular flexibility index (Phi) is 3.76. The van der Waals surface area contributed by atoms with E-state index in [1.54, 1.807) is 0 Å². The van der Waals surface area contributed by atoms with E-state index in [0.29, 0.717) is 0 Å². The zero-order chi connectivity index (χ0) is 11.2. The smallest absolute Gasteiger partial charge is 0.241 e. The summed E-state index contributed by atoms with van der Waals surface area (Å²) < 4.78 is 2.19. The number of aryl methyl sites for hydroxylation is 3. The highest BCUT2D eigenvalue weighted by molar-refractivity contribution is 5.26. The molecule has 0 saturated carbocycles. The molecule has 1 aromatic heterocycles. The topological polar surface area (TPSA) is 19.7 Å². The Balaban J connectivity index is 1.89. The summed E-state index contributed by atoms with van der Waals surface area (Å²) in [6.07, 6.45) is 9.53. The fourth-order valence-corrected chi connectivity index (χ4v) is 2.06. The van der Waals surface area contributed by atoms with Crippen LogP contribution in [0.15, 0.2) is 43.0 Å². The van der Waals surface area contributed by atoms with Crippen molar-refractivity contribution >= 4 is 0 Å². The van der Waals surface area contributed by atoms with E-state index in [1.807, 2.05) is 12.5 Å². The number of nitrogens with one attached hydrogen (secondary N) is 1. The number of imidazole rings is 1. The van der Waals surface area contributed by atoms with E-state index in [1.165, 1.54) is 24.0 Å². The molecule has 0 saturated heterocycles. The Morgan fingerprint density at radius 2 is 2.00 bits per heavy atom. The van der Waals surface area contributed by atoms with Crippen molar-refractivity contribution in [2.24, 2.45) is 0 Å². The maximum Gasteiger partial charge on any atom is 0.241 e. The minimum absolute atomic E-state index is 1.08. The number of rotatable bonds is 5. The van der Waals surface area contributed by atoms with Crippen LogP contribution in [0, 0.1) is 0 Å². The molecule has 2 nitrogen and oxygen atoms in total. The number of nitrogens with zero attached hydrogens (tertiary/aromatic N) is 1. The molecule has 2 rings (SSSR count). The molecule has 1 aromatic carbocycles. The van der Waals surface area contributed by atoms with Crippen molar-refractivity contribution in [3.05, 3.63) is 54.1 Å². The van der Waals surface area contributed by atoms with Crippen molar-refractivity contribution in [2.75, 3.05) is 0 Å². The standard InChI is InChI=1S/C14H18N2/c1-2-13-6-3-4-7-14(13)8-5-10-16-11-9-15-12-16/h3-4,6-7,9,11-12H,2,5,8,10H2,1H3/p+1. The van der Waals surface area contributed by atoms with E-state index in [4.69, 9.17) is 0 Å². The average Bonchev–Trinajstić information content (AvgIpc) is 2.83. The van der Waals surface area contributed by atoms with Crippen LogP contribution in [0.1, 0.15) is 24.5 Å². The van der Waals surface area contributed by atoms with Crippen molar-refractivity contribution in [2.45, 2.75) is 32.7 Å². The van der Waals surface area contributed by atoms with E-state index >= 15 is 0 Å². The summed E-state index contributed by atoms with van der Waals surface area (Å²) >= 11 is 0. The summed E-state index contributed by atoms with van der Waals surface area (Å²) in [7, 11) is 0. The van der Waals surface area contributed by atoms with Gasteiger partial charge in [0.2, 0.25) is 6.33 Å². The Morgan fingerprint density at radius 3 is 2.69 bits per heavy atom. The van der Waals surface area contributed by atoms with Gasteiger partial charge in [0.15, 0.2) is 0 Å². The van der Waals surface area contributed by atoms with E-state index in [2.05, 4.69) is 46.9 Å². The lowest BCUT2D eigenvalue weighted by Gasteiger charge is -2.06. The molecule has 0 bridgehead atoms. The van der Waals surface area contributed by atoms with Crippen molar-refractivity contribution < 1.29 is 4.57 Å². The van der Waals surface area contributed by atoms with Crippen molar-refractivity contribution in [3.63, 3.8) is 0 Å². The van der Waals surface area contributed by atoms with Crippen LogP contribution in [0.3, 0.4) is 0 Å². The Bertz CT molecular complexity index is 418. The molecule has 2 heteroatoms. The lowest BCUT2D eigenvalue weighted by Crippen LogP contribution is -2.30. The van der Waals surface area contributed by atoms with Gasteiger partial charge in [0.1, 0.15) is 12.4 Å². The molecule has 2 aromatic rings. The fourth-order valence-electron chi connectivity index (χ4n) is 2.06. The van der Waals surface area contributed by atoms with Gasteiger partial charge < -0.3 is 0 Å². The van der Waals surface area contributed by atoms with Gasteiger partial charge in [0.05, 0.1) is 6.54 Å². The molecule has 0 atom stereocenters. The van der Waals surface area contributed by atoms with Crippen molar-refractivity contribution in [1.82, 2.24) is 4.98 Å². The van der Waals surface area contributed by atoms with Crippen LogP contribution in [-0.4, -0.2) is 4.98 Å². The molecule has 1 heterocycles. The Labute approximate surface area is 97.0 Å². The van der Waals surface area contributed by atoms with Crippen molar-refractivity contribution in [1.29, 1.82) is 0 Å². The highest BCUT2D eigenvalue weighted by Crippen LogP contribution is 2.11. The third-order valence-electron chi connectivity index (χ3n) is 2.96. The summed E-state index contributed by atoms with van der Waals surface area (Å²) in [6, 6.07) is 8.75. The number of aromatic nitrogens is 2. The Hall–Kier alpha value is -1.57. The Morgan fingerprint density at radius 1 is 1.19 bits per heavy atom. The maximum absolute atomic E-state index is 3.06. The number of hydrogen-bond donors (Lipinski definition) is 1. The average molecular weight is 215 g/mol. The van der Waals surface area contributed by atoms with Crippen LogP contribution in [0.5, 0.6) is 0 Å². The fraction of sp³-hybridized carbons (Fsp3) is 0.357. The summed E-state index contributed by atoms with van der Waals surface area (Å²) in [4.78, 5) is 3.06. The van der Waals surface area contributed by atoms with Gasteiger partial charge in [-0.2, -0.15) is 0 Å². The largest absolute Gasteiger partial charge is 0.250 e. The van der Waals surface area contributed by atoms with Crippen LogP contribution < -0.4 is 4.57 Å². The van der Waals surface area contributed by atoms with Gasteiger partial charge in [-0.05, 0) is 30.4 Å². The first kappa shape index (κ1) is 10.9. The molecule has 0 aliphatic heterocycles. The minimum Gasteiger partial charge on any atom is -0.250 e. The van der Waals surface area contributed by atoms with Gasteiger partial charge in [0.25, 0.3) is 0 Å². The first-order valence-electron chi connectivity index (χ1n) is 5.98. The van der Waals surface area contributed by atoms with Crippen LogP contribution >= 0.6 is 0 Å². The third kappa shape index (κ3) is 2.72. The van der Waals surface area contributed by atoms with E-state index in [0.717, 1.165) is 13.0 Å². The molecule has 0 aliphatic rings. The predicted octanol–water partition coefficient (Wildman–Crippen LogP) is 2.50. The van der Waals surface area contributed by atoms with Gasteiger partial charge in [-0.1, -0.05) is 31.2 Å². The van der Waals surface area contributed by atoms with Gasteiger partial charge in [-0.3, -0.25) is 4.98 Å². The van der Waals surface area contributed by atoms with E-state index in [-0.39, 0.29) is 0 Å². The molecule has 0 spiro atoms. The highest BCUT2D eigenvalue weighted by Gasteiger charge is 2.01. The number of H-pyrrole nitrogens is 1. The zero-order valence-electron chi connectivity index (χ0n) is 9.82. The second-order valence-electron chi connectivity index (χ2n) is 4.08. The molecule has 16 heavy (non-hydrogen) atoms. The summed E-state index contributed by atoms with van der Waals surface area (Å²) in [5.41, 5.74) is 2.99. The third-order valence-corrected chi connectivity index (χ3v) is 2.96. The number of hydrogen-bond acceptors (Lipinski definition) is 0. The van der Waals surface area contributed by atoms with Crippen molar-refractivity contribution in [3.8, 4) is 0 Å². The molecule has 0 radical (unpaired) electrons. The molecule has 0 amide bonds. The van der Waals surface area contributed by atoms with E-state index in [9.17, 15) is 0 Å². The zero-order valence-corrected chi connectivity index (χ0v) is 9.82. The molecule has 0 unspecified atom stereocenters. The lowest BCUT2D eigenvalue weighted by atomic mass is 10.0. The summed E-state index contributed by atoms with van der Waals surface area (Å²) in [5, 5.41) is 0. The van der Waals surface area contributed by atoms with Gasteiger partial charge >= 0.3 is 0 Å². The minimum atomic E-state index is 1.08. The maximum atomic E-state index is 3.06. The second kappa shape index (κ2) is 5.50. The normalized spacial score (nSPS) is 10.6. The molecule has 84 valence electrons. The van der Waals surface area contributed by atoms with Crippen LogP contribution in [0.2, 0.25) is 0 Å². The van der Waals surface area contributed by atoms with Crippen LogP contribution in [0.25, 0.3) is 0 Å². The lowest BCUT2D eigenvalue weighted by molar-refractivity contribution is -0.696. The molecule has 1 N–H and O–H groups in total. The van der Waals surface area contributed by atoms with Gasteiger partial charge in [-0.15, -0.1) is 0 Å². The molecular weight excluding hydrogens is 196 g/mol. The quantitative estimate of drug-likeness (QED) is 0.739. The number of benzene rings is 1. The van der Waals surface area contributed by atoms with E-state index < -0.39 is 0 Å². The van der Waals surface area contributed by atoms with Crippen LogP contribution in [0.4, 0.5) is 0 Å². The summed E-state index contributed by atoms with van der Waals surface area (Å²) in [5.74, 6) is 0.